The molecule has 4 nitrogen and oxygen atoms in total. The molecule has 4 heteroatoms. The Bertz CT molecular complexity index is 610. The second-order valence-corrected chi connectivity index (χ2v) is 4.92. The maximum absolute atomic E-state index is 11.9. The van der Waals surface area contributed by atoms with Crippen LogP contribution in [0.15, 0.2) is 42.6 Å². The molecular formula is C16H17N3O. The van der Waals surface area contributed by atoms with Crippen LogP contribution in [0.3, 0.4) is 0 Å². The van der Waals surface area contributed by atoms with Crippen LogP contribution in [-0.4, -0.2) is 17.4 Å². The van der Waals surface area contributed by atoms with Gasteiger partial charge in [-0.3, -0.25) is 9.78 Å². The third-order valence-electron chi connectivity index (χ3n) is 3.43. The lowest BCUT2D eigenvalue weighted by Gasteiger charge is -2.07. The van der Waals surface area contributed by atoms with Crippen molar-refractivity contribution in [2.24, 2.45) is 0 Å². The van der Waals surface area contributed by atoms with E-state index in [4.69, 9.17) is 0 Å². The third-order valence-corrected chi connectivity index (χ3v) is 3.43. The molecule has 2 heterocycles. The molecule has 0 unspecified atom stereocenters. The van der Waals surface area contributed by atoms with Crippen LogP contribution in [0.2, 0.25) is 0 Å². The molecule has 20 heavy (non-hydrogen) atoms. The molecule has 0 saturated carbocycles. The Kier molecular flexibility index (Phi) is 3.63. The SMILES string of the molecule is O=C(CCc1ccccn1)Nc1ccc2c(c1)CCN2. The molecular weight excluding hydrogens is 250 g/mol. The van der Waals surface area contributed by atoms with Crippen LogP contribution in [0.5, 0.6) is 0 Å². The minimum Gasteiger partial charge on any atom is -0.384 e. The number of nitrogens with one attached hydrogen (secondary N) is 2. The molecule has 0 aliphatic carbocycles. The zero-order valence-corrected chi connectivity index (χ0v) is 11.2. The molecule has 0 bridgehead atoms. The van der Waals surface area contributed by atoms with E-state index in [1.54, 1.807) is 6.20 Å². The first-order valence-electron chi connectivity index (χ1n) is 6.88. The van der Waals surface area contributed by atoms with Crippen LogP contribution in [0.25, 0.3) is 0 Å². The van der Waals surface area contributed by atoms with Gasteiger partial charge in [-0.05, 0) is 48.7 Å². The van der Waals surface area contributed by atoms with E-state index in [1.165, 1.54) is 11.3 Å². The lowest BCUT2D eigenvalue weighted by molar-refractivity contribution is -0.116. The van der Waals surface area contributed by atoms with E-state index in [0.29, 0.717) is 12.8 Å². The van der Waals surface area contributed by atoms with Crippen LogP contribution in [0, 0.1) is 0 Å². The van der Waals surface area contributed by atoms with Gasteiger partial charge in [0.2, 0.25) is 5.91 Å². The van der Waals surface area contributed by atoms with Gasteiger partial charge in [-0.1, -0.05) is 6.07 Å². The lowest BCUT2D eigenvalue weighted by atomic mass is 10.1. The van der Waals surface area contributed by atoms with E-state index in [2.05, 4.69) is 15.6 Å². The van der Waals surface area contributed by atoms with Crippen molar-refractivity contribution in [1.29, 1.82) is 0 Å². The topological polar surface area (TPSA) is 54.0 Å². The number of nitrogens with zero attached hydrogens (tertiary/aromatic N) is 1. The zero-order valence-electron chi connectivity index (χ0n) is 11.2. The van der Waals surface area contributed by atoms with Crippen molar-refractivity contribution < 1.29 is 4.79 Å². The molecule has 1 aliphatic rings. The minimum atomic E-state index is 0.0292. The van der Waals surface area contributed by atoms with E-state index in [-0.39, 0.29) is 5.91 Å². The number of amides is 1. The molecule has 2 N–H and O–H groups in total. The van der Waals surface area contributed by atoms with Crippen LogP contribution in [0.4, 0.5) is 11.4 Å². The normalized spacial score (nSPS) is 12.6. The quantitative estimate of drug-likeness (QED) is 0.895. The van der Waals surface area contributed by atoms with Gasteiger partial charge in [0.1, 0.15) is 0 Å². The number of hydrogen-bond acceptors (Lipinski definition) is 3. The van der Waals surface area contributed by atoms with Gasteiger partial charge < -0.3 is 10.6 Å². The second-order valence-electron chi connectivity index (χ2n) is 4.92. The van der Waals surface area contributed by atoms with Gasteiger partial charge in [0, 0.05) is 36.2 Å². The average molecular weight is 267 g/mol. The molecule has 0 saturated heterocycles. The van der Waals surface area contributed by atoms with Gasteiger partial charge in [-0.2, -0.15) is 0 Å². The van der Waals surface area contributed by atoms with Gasteiger partial charge in [-0.25, -0.2) is 0 Å². The zero-order chi connectivity index (χ0) is 13.8. The molecule has 1 amide bonds. The average Bonchev–Trinajstić information content (AvgIpc) is 2.94. The van der Waals surface area contributed by atoms with Crippen LogP contribution < -0.4 is 10.6 Å². The van der Waals surface area contributed by atoms with Crippen molar-refractivity contribution in [2.45, 2.75) is 19.3 Å². The fraction of sp³-hybridized carbons (Fsp3) is 0.250. The second kappa shape index (κ2) is 5.74. The molecule has 1 aromatic carbocycles. The molecule has 0 fully saturated rings. The van der Waals surface area contributed by atoms with E-state index in [0.717, 1.165) is 24.3 Å². The summed E-state index contributed by atoms with van der Waals surface area (Å²) in [6.07, 6.45) is 3.89. The summed E-state index contributed by atoms with van der Waals surface area (Å²) in [6.45, 7) is 0.979. The first-order chi connectivity index (χ1) is 9.81. The number of carbonyl (C=O) groups excluding carboxylic acids is 1. The smallest absolute Gasteiger partial charge is 0.224 e. The van der Waals surface area contributed by atoms with Crippen molar-refractivity contribution in [2.75, 3.05) is 17.2 Å². The fourth-order valence-electron chi connectivity index (χ4n) is 2.39. The van der Waals surface area contributed by atoms with Crippen molar-refractivity contribution >= 4 is 17.3 Å². The summed E-state index contributed by atoms with van der Waals surface area (Å²) in [5.41, 5.74) is 4.27. The summed E-state index contributed by atoms with van der Waals surface area (Å²) in [5.74, 6) is 0.0292. The predicted octanol–water partition coefficient (Wildman–Crippen LogP) is 2.62. The first kappa shape index (κ1) is 12.7. The van der Waals surface area contributed by atoms with Crippen molar-refractivity contribution in [3.8, 4) is 0 Å². The molecule has 0 radical (unpaired) electrons. The van der Waals surface area contributed by atoms with Crippen molar-refractivity contribution in [1.82, 2.24) is 4.98 Å². The van der Waals surface area contributed by atoms with Crippen LogP contribution in [0.1, 0.15) is 17.7 Å². The summed E-state index contributed by atoms with van der Waals surface area (Å²) < 4.78 is 0. The highest BCUT2D eigenvalue weighted by Crippen LogP contribution is 2.25. The molecule has 102 valence electrons. The Hall–Kier alpha value is -2.36. The van der Waals surface area contributed by atoms with Crippen LogP contribution in [-0.2, 0) is 17.6 Å². The lowest BCUT2D eigenvalue weighted by Crippen LogP contribution is -2.12. The highest BCUT2D eigenvalue weighted by Gasteiger charge is 2.11. The Labute approximate surface area is 118 Å². The number of anilines is 2. The first-order valence-corrected chi connectivity index (χ1v) is 6.88. The number of fused-ring (bicyclic) bond motifs is 1. The monoisotopic (exact) mass is 267 g/mol. The summed E-state index contributed by atoms with van der Waals surface area (Å²) in [5, 5.41) is 6.25. The number of aromatic nitrogens is 1. The number of aryl methyl sites for hydroxylation is 1. The van der Waals surface area contributed by atoms with Crippen molar-refractivity contribution in [3.05, 3.63) is 53.9 Å². The van der Waals surface area contributed by atoms with Gasteiger partial charge in [-0.15, -0.1) is 0 Å². The molecule has 0 atom stereocenters. The number of hydrogen-bond donors (Lipinski definition) is 2. The fourth-order valence-corrected chi connectivity index (χ4v) is 2.39. The number of pyridine rings is 1. The molecule has 0 spiro atoms. The Morgan fingerprint density at radius 3 is 3.10 bits per heavy atom. The predicted molar refractivity (Wildman–Crippen MR) is 79.8 cm³/mol. The van der Waals surface area contributed by atoms with E-state index in [9.17, 15) is 4.79 Å². The minimum absolute atomic E-state index is 0.0292. The van der Waals surface area contributed by atoms with Crippen molar-refractivity contribution in [3.63, 3.8) is 0 Å². The van der Waals surface area contributed by atoms with Gasteiger partial charge >= 0.3 is 0 Å². The largest absolute Gasteiger partial charge is 0.384 e. The number of carbonyl (C=O) groups is 1. The van der Waals surface area contributed by atoms with Gasteiger partial charge in [0.25, 0.3) is 0 Å². The van der Waals surface area contributed by atoms with Crippen LogP contribution >= 0.6 is 0 Å². The van der Waals surface area contributed by atoms with Gasteiger partial charge in [0.15, 0.2) is 0 Å². The molecule has 2 aromatic rings. The summed E-state index contributed by atoms with van der Waals surface area (Å²) in [4.78, 5) is 16.1. The highest BCUT2D eigenvalue weighted by atomic mass is 16.1. The maximum Gasteiger partial charge on any atom is 0.224 e. The Balaban J connectivity index is 1.56. The number of benzene rings is 1. The number of rotatable bonds is 4. The van der Waals surface area contributed by atoms with E-state index >= 15 is 0 Å². The van der Waals surface area contributed by atoms with E-state index < -0.39 is 0 Å². The summed E-state index contributed by atoms with van der Waals surface area (Å²) in [6, 6.07) is 11.8. The molecule has 1 aliphatic heterocycles. The maximum atomic E-state index is 11.9. The standard InChI is InChI=1S/C16H17N3O/c20-16(7-5-13-3-1-2-9-17-13)19-14-4-6-15-12(11-14)8-10-18-15/h1-4,6,9,11,18H,5,7-8,10H2,(H,19,20). The van der Waals surface area contributed by atoms with E-state index in [1.807, 2.05) is 36.4 Å². The summed E-state index contributed by atoms with van der Waals surface area (Å²) in [7, 11) is 0. The third kappa shape index (κ3) is 2.96. The molecule has 1 aromatic heterocycles. The van der Waals surface area contributed by atoms with Gasteiger partial charge in [0.05, 0.1) is 0 Å². The highest BCUT2D eigenvalue weighted by molar-refractivity contribution is 5.91. The Morgan fingerprint density at radius 2 is 2.25 bits per heavy atom. The summed E-state index contributed by atoms with van der Waals surface area (Å²) >= 11 is 0. The Morgan fingerprint density at radius 1 is 1.30 bits per heavy atom. The molecule has 3 rings (SSSR count).